The zero-order chi connectivity index (χ0) is 6.20. The quantitative estimate of drug-likeness (QED) is 0.481. The van der Waals surface area contributed by atoms with Crippen molar-refractivity contribution in [2.45, 2.75) is 6.42 Å². The first kappa shape index (κ1) is 6.43. The molecule has 50 valence electrons. The van der Waals surface area contributed by atoms with Crippen molar-refractivity contribution >= 4 is 10.2 Å². The molecule has 1 heterocycles. The maximum atomic E-state index is 2.51. The van der Waals surface area contributed by atoms with Crippen molar-refractivity contribution in [2.24, 2.45) is 0 Å². The van der Waals surface area contributed by atoms with Crippen LogP contribution in [-0.4, -0.2) is 36.2 Å². The fourth-order valence-electron chi connectivity index (χ4n) is 1.04. The van der Waals surface area contributed by atoms with Crippen LogP contribution in [0.4, 0.5) is 0 Å². The van der Waals surface area contributed by atoms with Crippen LogP contribution in [0.1, 0.15) is 6.42 Å². The second-order valence-electron chi connectivity index (χ2n) is 2.89. The van der Waals surface area contributed by atoms with Gasteiger partial charge in [0.15, 0.2) is 0 Å². The predicted molar refractivity (Wildman–Crippen MR) is 41.6 cm³/mol. The smallest absolute Gasteiger partial charge is 0.00785 e. The minimum absolute atomic E-state index is 0.292. The Morgan fingerprint density at radius 3 is 2.12 bits per heavy atom. The van der Waals surface area contributed by atoms with Crippen molar-refractivity contribution < 1.29 is 0 Å². The van der Waals surface area contributed by atoms with Crippen LogP contribution in [0.3, 0.4) is 0 Å². The van der Waals surface area contributed by atoms with Crippen molar-refractivity contribution in [3.8, 4) is 0 Å². The Morgan fingerprint density at radius 1 is 1.38 bits per heavy atom. The minimum Gasteiger partial charge on any atom is -0.271 e. The molecule has 0 unspecified atom stereocenters. The van der Waals surface area contributed by atoms with Crippen LogP contribution in [0, 0.1) is 0 Å². The van der Waals surface area contributed by atoms with Gasteiger partial charge in [0.05, 0.1) is 0 Å². The van der Waals surface area contributed by atoms with E-state index >= 15 is 0 Å². The van der Waals surface area contributed by atoms with Crippen molar-refractivity contribution in [1.82, 2.24) is 4.31 Å². The molecule has 0 amide bonds. The topological polar surface area (TPSA) is 3.24 Å². The van der Waals surface area contributed by atoms with Gasteiger partial charge in [-0.15, -0.1) is 0 Å². The standard InChI is InChI=1S/C6H15NS/c1-7-5-4-6-8(7,2)3/h4-6H2,1-3H3. The number of nitrogens with zero attached hydrogens (tertiary/aromatic N) is 1. The van der Waals surface area contributed by atoms with E-state index in [0.717, 1.165) is 0 Å². The van der Waals surface area contributed by atoms with Crippen LogP contribution in [0.5, 0.6) is 0 Å². The first-order valence-electron chi connectivity index (χ1n) is 3.05. The van der Waals surface area contributed by atoms with E-state index in [0.29, 0.717) is 0 Å². The molecule has 0 aromatic carbocycles. The summed E-state index contributed by atoms with van der Waals surface area (Å²) < 4.78 is 2.51. The van der Waals surface area contributed by atoms with E-state index in [9.17, 15) is 0 Å². The van der Waals surface area contributed by atoms with Gasteiger partial charge >= 0.3 is 0 Å². The molecular formula is C6H15NS. The maximum Gasteiger partial charge on any atom is 0.00785 e. The van der Waals surface area contributed by atoms with Gasteiger partial charge in [0.1, 0.15) is 0 Å². The highest BCUT2D eigenvalue weighted by Crippen LogP contribution is 2.47. The third-order valence-corrected chi connectivity index (χ3v) is 5.12. The van der Waals surface area contributed by atoms with Crippen LogP contribution < -0.4 is 0 Å². The van der Waals surface area contributed by atoms with E-state index in [1.807, 2.05) is 0 Å². The summed E-state index contributed by atoms with van der Waals surface area (Å²) in [5.41, 5.74) is 0. The van der Waals surface area contributed by atoms with Gasteiger partial charge in [-0.25, -0.2) is 0 Å². The van der Waals surface area contributed by atoms with E-state index in [-0.39, 0.29) is 10.2 Å². The Morgan fingerprint density at radius 2 is 2.00 bits per heavy atom. The maximum absolute atomic E-state index is 2.51. The number of hydrogen-bond donors (Lipinski definition) is 0. The SMILES string of the molecule is CN1CCCS1(C)C. The average Bonchev–Trinajstić information content (AvgIpc) is 1.86. The van der Waals surface area contributed by atoms with E-state index in [1.165, 1.54) is 18.7 Å². The van der Waals surface area contributed by atoms with Gasteiger partial charge in [-0.3, -0.25) is 4.31 Å². The first-order chi connectivity index (χ1) is 3.63. The summed E-state index contributed by atoms with van der Waals surface area (Å²) >= 11 is 0. The largest absolute Gasteiger partial charge is 0.271 e. The molecule has 8 heavy (non-hydrogen) atoms. The Balaban J connectivity index is 2.54. The Labute approximate surface area is 53.5 Å². The molecular weight excluding hydrogens is 118 g/mol. The van der Waals surface area contributed by atoms with Gasteiger partial charge in [-0.1, -0.05) is 0 Å². The summed E-state index contributed by atoms with van der Waals surface area (Å²) in [5, 5.41) is 0. The molecule has 0 N–H and O–H groups in total. The third kappa shape index (κ3) is 1.00. The lowest BCUT2D eigenvalue weighted by Gasteiger charge is -2.33. The minimum atomic E-state index is -0.292. The highest BCUT2D eigenvalue weighted by molar-refractivity contribution is 8.30. The van der Waals surface area contributed by atoms with Crippen molar-refractivity contribution in [2.75, 3.05) is 31.9 Å². The van der Waals surface area contributed by atoms with Crippen molar-refractivity contribution in [1.29, 1.82) is 0 Å². The summed E-state index contributed by atoms with van der Waals surface area (Å²) in [6, 6.07) is 0. The number of hydrogen-bond acceptors (Lipinski definition) is 1. The van der Waals surface area contributed by atoms with Crippen LogP contribution in [0.2, 0.25) is 0 Å². The van der Waals surface area contributed by atoms with Crippen molar-refractivity contribution in [3.05, 3.63) is 0 Å². The monoisotopic (exact) mass is 133 g/mol. The van der Waals surface area contributed by atoms with Gasteiger partial charge < -0.3 is 0 Å². The van der Waals surface area contributed by atoms with E-state index in [2.05, 4.69) is 23.9 Å². The second-order valence-corrected chi connectivity index (χ2v) is 6.88. The van der Waals surface area contributed by atoms with Crippen LogP contribution in [-0.2, 0) is 0 Å². The molecule has 0 radical (unpaired) electrons. The second kappa shape index (κ2) is 1.92. The third-order valence-electron chi connectivity index (χ3n) is 1.96. The van der Waals surface area contributed by atoms with Crippen LogP contribution in [0.15, 0.2) is 0 Å². The summed E-state index contributed by atoms with van der Waals surface area (Å²) in [6.07, 6.45) is 6.19. The summed E-state index contributed by atoms with van der Waals surface area (Å²) in [7, 11) is 1.95. The lowest BCUT2D eigenvalue weighted by molar-refractivity contribution is 0.588. The lowest BCUT2D eigenvalue weighted by atomic mass is 10.5. The molecule has 0 saturated carbocycles. The fourth-order valence-corrected chi connectivity index (χ4v) is 2.81. The molecule has 0 aromatic heterocycles. The fraction of sp³-hybridized carbons (Fsp3) is 1.00. The molecule has 1 aliphatic rings. The van der Waals surface area contributed by atoms with Gasteiger partial charge in [0.2, 0.25) is 0 Å². The Kier molecular flexibility index (Phi) is 1.54. The van der Waals surface area contributed by atoms with Gasteiger partial charge in [-0.05, 0) is 31.7 Å². The molecule has 1 fully saturated rings. The molecule has 0 atom stereocenters. The van der Waals surface area contributed by atoms with E-state index in [1.54, 1.807) is 0 Å². The molecule has 1 saturated heterocycles. The molecule has 1 rings (SSSR count). The highest BCUT2D eigenvalue weighted by atomic mass is 32.3. The normalized spacial score (nSPS) is 32.9. The van der Waals surface area contributed by atoms with Crippen LogP contribution in [0.25, 0.3) is 0 Å². The van der Waals surface area contributed by atoms with E-state index < -0.39 is 0 Å². The summed E-state index contributed by atoms with van der Waals surface area (Å²) in [4.78, 5) is 0. The molecule has 1 nitrogen and oxygen atoms in total. The zero-order valence-corrected chi connectivity index (χ0v) is 6.79. The molecule has 0 bridgehead atoms. The molecule has 0 spiro atoms. The first-order valence-corrected chi connectivity index (χ1v) is 5.63. The molecule has 2 heteroatoms. The van der Waals surface area contributed by atoms with Crippen LogP contribution >= 0.6 is 10.2 Å². The predicted octanol–water partition coefficient (Wildman–Crippen LogP) is 1.30. The molecule has 1 aliphatic heterocycles. The summed E-state index contributed by atoms with van der Waals surface area (Å²) in [6.45, 7) is 1.32. The van der Waals surface area contributed by atoms with Crippen molar-refractivity contribution in [3.63, 3.8) is 0 Å². The highest BCUT2D eigenvalue weighted by Gasteiger charge is 2.22. The van der Waals surface area contributed by atoms with Gasteiger partial charge in [-0.2, -0.15) is 10.2 Å². The molecule has 0 aromatic rings. The Bertz CT molecular complexity index is 90.5. The average molecular weight is 133 g/mol. The summed E-state index contributed by atoms with van der Waals surface area (Å²) in [5.74, 6) is 1.45. The van der Waals surface area contributed by atoms with Gasteiger partial charge in [0, 0.05) is 6.54 Å². The molecule has 0 aliphatic carbocycles. The van der Waals surface area contributed by atoms with Gasteiger partial charge in [0.25, 0.3) is 0 Å². The zero-order valence-electron chi connectivity index (χ0n) is 5.98. The lowest BCUT2D eigenvalue weighted by Crippen LogP contribution is -2.15. The van der Waals surface area contributed by atoms with E-state index in [4.69, 9.17) is 0 Å². The number of rotatable bonds is 0. The Hall–Kier alpha value is 0.310.